The Labute approximate surface area is 191 Å². The van der Waals surface area contributed by atoms with Crippen molar-refractivity contribution in [1.29, 1.82) is 0 Å². The smallest absolute Gasteiger partial charge is 0.297 e. The van der Waals surface area contributed by atoms with Crippen molar-refractivity contribution >= 4 is 33.7 Å². The summed E-state index contributed by atoms with van der Waals surface area (Å²) in [6.07, 6.45) is 1.41. The lowest BCUT2D eigenvalue weighted by atomic mass is 10.2. The van der Waals surface area contributed by atoms with Crippen molar-refractivity contribution in [3.05, 3.63) is 70.8 Å². The molecule has 33 heavy (non-hydrogen) atoms. The van der Waals surface area contributed by atoms with Crippen LogP contribution in [0.4, 0.5) is 5.69 Å². The van der Waals surface area contributed by atoms with Crippen LogP contribution in [0.3, 0.4) is 0 Å². The maximum Gasteiger partial charge on any atom is 0.297 e. The highest BCUT2D eigenvalue weighted by atomic mass is 16.3. The van der Waals surface area contributed by atoms with E-state index in [4.69, 9.17) is 4.42 Å². The number of furan rings is 1. The monoisotopic (exact) mass is 445 g/mol. The summed E-state index contributed by atoms with van der Waals surface area (Å²) in [5.74, 6) is -0.215. The standard InChI is InChI=1S/C25H27N5O3/c1-18-5-4-6-19(15-18)29-13-11-28(12-14-29)10-9-26-22(31)16-30-17-27-23-20-7-2-3-8-21(20)33-24(23)25(30)32/h2-8,15,17H,9-14,16H2,1H3,(H,26,31). The van der Waals surface area contributed by atoms with E-state index < -0.39 is 0 Å². The lowest BCUT2D eigenvalue weighted by molar-refractivity contribution is -0.121. The van der Waals surface area contributed by atoms with Gasteiger partial charge < -0.3 is 14.6 Å². The number of fused-ring (bicyclic) bond motifs is 3. The minimum absolute atomic E-state index is 0.0834. The van der Waals surface area contributed by atoms with Crippen LogP contribution >= 0.6 is 0 Å². The third-order valence-electron chi connectivity index (χ3n) is 6.15. The van der Waals surface area contributed by atoms with E-state index in [-0.39, 0.29) is 23.6 Å². The van der Waals surface area contributed by atoms with Gasteiger partial charge in [-0.15, -0.1) is 0 Å². The summed E-state index contributed by atoms with van der Waals surface area (Å²) in [6.45, 7) is 7.20. The molecule has 0 aliphatic carbocycles. The van der Waals surface area contributed by atoms with Crippen LogP contribution in [0.15, 0.2) is 64.1 Å². The van der Waals surface area contributed by atoms with Crippen LogP contribution in [0.5, 0.6) is 0 Å². The number of para-hydroxylation sites is 1. The zero-order valence-electron chi connectivity index (χ0n) is 18.7. The first kappa shape index (κ1) is 21.2. The van der Waals surface area contributed by atoms with Crippen LogP contribution in [-0.4, -0.2) is 59.6 Å². The molecule has 1 amide bonds. The largest absolute Gasteiger partial charge is 0.448 e. The van der Waals surface area contributed by atoms with Crippen LogP contribution in [0.1, 0.15) is 5.56 Å². The van der Waals surface area contributed by atoms with E-state index in [1.807, 2.05) is 18.2 Å². The number of nitrogens with zero attached hydrogens (tertiary/aromatic N) is 4. The lowest BCUT2D eigenvalue weighted by Gasteiger charge is -2.36. The van der Waals surface area contributed by atoms with Gasteiger partial charge in [-0.2, -0.15) is 0 Å². The Hall–Kier alpha value is -3.65. The number of piperazine rings is 1. The van der Waals surface area contributed by atoms with Crippen LogP contribution in [0.2, 0.25) is 0 Å². The lowest BCUT2D eigenvalue weighted by Crippen LogP contribution is -2.48. The molecule has 8 heteroatoms. The van der Waals surface area contributed by atoms with Gasteiger partial charge in [0.15, 0.2) is 0 Å². The van der Waals surface area contributed by atoms with Crippen molar-refractivity contribution in [2.45, 2.75) is 13.5 Å². The summed E-state index contributed by atoms with van der Waals surface area (Å²) in [5, 5.41) is 3.71. The van der Waals surface area contributed by atoms with E-state index >= 15 is 0 Å². The van der Waals surface area contributed by atoms with E-state index in [1.54, 1.807) is 6.07 Å². The van der Waals surface area contributed by atoms with Gasteiger partial charge in [0.1, 0.15) is 17.6 Å². The fourth-order valence-electron chi connectivity index (χ4n) is 4.35. The summed E-state index contributed by atoms with van der Waals surface area (Å²) in [5.41, 5.74) is 3.50. The van der Waals surface area contributed by atoms with Gasteiger partial charge in [0.2, 0.25) is 11.5 Å². The van der Waals surface area contributed by atoms with E-state index in [9.17, 15) is 9.59 Å². The molecule has 0 bridgehead atoms. The summed E-state index contributed by atoms with van der Waals surface area (Å²) in [6, 6.07) is 16.0. The molecule has 0 saturated carbocycles. The highest BCUT2D eigenvalue weighted by Gasteiger charge is 2.18. The summed E-state index contributed by atoms with van der Waals surface area (Å²) < 4.78 is 6.97. The Morgan fingerprint density at radius 1 is 1.09 bits per heavy atom. The molecule has 1 aliphatic rings. The molecule has 0 atom stereocenters. The van der Waals surface area contributed by atoms with Gasteiger partial charge >= 0.3 is 0 Å². The van der Waals surface area contributed by atoms with Crippen LogP contribution in [-0.2, 0) is 11.3 Å². The quantitative estimate of drug-likeness (QED) is 0.491. The van der Waals surface area contributed by atoms with Gasteiger partial charge in [-0.1, -0.05) is 24.3 Å². The van der Waals surface area contributed by atoms with E-state index in [1.165, 1.54) is 22.1 Å². The number of carbonyl (C=O) groups excluding carboxylic acids is 1. The Morgan fingerprint density at radius 3 is 2.73 bits per heavy atom. The number of aryl methyl sites for hydroxylation is 1. The molecular weight excluding hydrogens is 418 g/mol. The molecule has 8 nitrogen and oxygen atoms in total. The second-order valence-corrected chi connectivity index (χ2v) is 8.47. The van der Waals surface area contributed by atoms with Crippen molar-refractivity contribution in [1.82, 2.24) is 19.8 Å². The molecule has 1 fully saturated rings. The van der Waals surface area contributed by atoms with Gasteiger partial charge in [0, 0.05) is 50.3 Å². The minimum Gasteiger partial charge on any atom is -0.448 e. The van der Waals surface area contributed by atoms with E-state index in [2.05, 4.69) is 51.3 Å². The maximum atomic E-state index is 12.8. The molecule has 4 aromatic rings. The van der Waals surface area contributed by atoms with Crippen LogP contribution < -0.4 is 15.8 Å². The minimum atomic E-state index is -0.348. The predicted octanol–water partition coefficient (Wildman–Crippen LogP) is 2.39. The van der Waals surface area contributed by atoms with Crippen LogP contribution in [0, 0.1) is 6.92 Å². The topological polar surface area (TPSA) is 83.6 Å². The van der Waals surface area contributed by atoms with Crippen molar-refractivity contribution in [2.24, 2.45) is 0 Å². The number of benzene rings is 2. The molecule has 170 valence electrons. The van der Waals surface area contributed by atoms with Crippen molar-refractivity contribution < 1.29 is 9.21 Å². The second-order valence-electron chi connectivity index (χ2n) is 8.47. The number of amides is 1. The molecule has 3 heterocycles. The molecule has 0 spiro atoms. The average Bonchev–Trinajstić information content (AvgIpc) is 3.21. The van der Waals surface area contributed by atoms with Crippen molar-refractivity contribution in [3.63, 3.8) is 0 Å². The molecule has 2 aromatic carbocycles. The fraction of sp³-hybridized carbons (Fsp3) is 0.320. The van der Waals surface area contributed by atoms with Gasteiger partial charge in [-0.05, 0) is 36.8 Å². The first-order chi connectivity index (χ1) is 16.1. The summed E-state index contributed by atoms with van der Waals surface area (Å²) in [7, 11) is 0. The highest BCUT2D eigenvalue weighted by Crippen LogP contribution is 2.24. The average molecular weight is 446 g/mol. The third kappa shape index (κ3) is 4.47. The molecular formula is C25H27N5O3. The maximum absolute atomic E-state index is 12.8. The summed E-state index contributed by atoms with van der Waals surface area (Å²) >= 11 is 0. The SMILES string of the molecule is Cc1cccc(N2CCN(CCNC(=O)Cn3cnc4c(oc5ccccc54)c3=O)CC2)c1. The number of hydrogen-bond donors (Lipinski definition) is 1. The van der Waals surface area contributed by atoms with Crippen molar-refractivity contribution in [3.8, 4) is 0 Å². The molecule has 1 aliphatic heterocycles. The zero-order chi connectivity index (χ0) is 22.8. The second kappa shape index (κ2) is 9.07. The molecule has 5 rings (SSSR count). The number of rotatable bonds is 6. The number of nitrogens with one attached hydrogen (secondary N) is 1. The number of hydrogen-bond acceptors (Lipinski definition) is 6. The first-order valence-electron chi connectivity index (χ1n) is 11.3. The number of anilines is 1. The normalized spacial score (nSPS) is 14.8. The van der Waals surface area contributed by atoms with E-state index in [0.717, 1.165) is 38.1 Å². The van der Waals surface area contributed by atoms with Crippen LogP contribution in [0.25, 0.3) is 22.1 Å². The van der Waals surface area contributed by atoms with Gasteiger partial charge in [0.05, 0.1) is 6.33 Å². The first-order valence-corrected chi connectivity index (χ1v) is 11.3. The van der Waals surface area contributed by atoms with Gasteiger partial charge in [0.25, 0.3) is 5.56 Å². The number of carbonyl (C=O) groups is 1. The Morgan fingerprint density at radius 2 is 1.91 bits per heavy atom. The molecule has 0 radical (unpaired) electrons. The van der Waals surface area contributed by atoms with Gasteiger partial charge in [-0.3, -0.25) is 19.1 Å². The van der Waals surface area contributed by atoms with Crippen molar-refractivity contribution in [2.75, 3.05) is 44.2 Å². The zero-order valence-corrected chi connectivity index (χ0v) is 18.7. The Kier molecular flexibility index (Phi) is 5.83. The highest BCUT2D eigenvalue weighted by molar-refractivity contribution is 6.01. The summed E-state index contributed by atoms with van der Waals surface area (Å²) in [4.78, 5) is 34.3. The molecule has 2 aromatic heterocycles. The third-order valence-corrected chi connectivity index (χ3v) is 6.15. The molecule has 1 saturated heterocycles. The predicted molar refractivity (Wildman–Crippen MR) is 129 cm³/mol. The Balaban J connectivity index is 1.13. The van der Waals surface area contributed by atoms with Gasteiger partial charge in [-0.25, -0.2) is 4.98 Å². The van der Waals surface area contributed by atoms with E-state index in [0.29, 0.717) is 17.6 Å². The fourth-order valence-corrected chi connectivity index (χ4v) is 4.35. The Bertz CT molecular complexity index is 1350. The molecule has 1 N–H and O–H groups in total. The number of aromatic nitrogens is 2. The molecule has 0 unspecified atom stereocenters.